The fraction of sp³-hybridized carbons (Fsp3) is 0.875. The maximum atomic E-state index is 12.8. The molecule has 4 heteroatoms. The molecule has 0 saturated heterocycles. The van der Waals surface area contributed by atoms with Crippen molar-refractivity contribution in [3.63, 3.8) is 0 Å². The second kappa shape index (κ2) is 8.09. The Balaban J connectivity index is 1.52. The Morgan fingerprint density at radius 1 is 0.806 bits per heavy atom. The maximum absolute atomic E-state index is 12.8. The molecule has 36 heavy (non-hydrogen) atoms. The second-order valence-corrected chi connectivity index (χ2v) is 15.1. The van der Waals surface area contributed by atoms with Crippen LogP contribution < -0.4 is 0 Å². The number of hydrogen-bond acceptors (Lipinski definition) is 3. The predicted octanol–water partition coefficient (Wildman–Crippen LogP) is 7.66. The minimum absolute atomic E-state index is 0.00466. The molecular formula is C32H50O4. The van der Waals surface area contributed by atoms with Crippen molar-refractivity contribution in [3.05, 3.63) is 12.2 Å². The first-order valence-corrected chi connectivity index (χ1v) is 14.7. The van der Waals surface area contributed by atoms with E-state index in [1.54, 1.807) is 6.92 Å². The molecule has 0 radical (unpaired) electrons. The van der Waals surface area contributed by atoms with Gasteiger partial charge in [0.2, 0.25) is 0 Å². The number of carbonyl (C=O) groups excluding carboxylic acids is 1. The van der Waals surface area contributed by atoms with Gasteiger partial charge in [-0.15, -0.1) is 0 Å². The number of aliphatic carboxylic acids is 1. The molecule has 0 aromatic heterocycles. The number of carboxylic acid groups (broad SMARTS) is 1. The van der Waals surface area contributed by atoms with Crippen molar-refractivity contribution >= 4 is 11.9 Å². The van der Waals surface area contributed by atoms with Gasteiger partial charge in [0.1, 0.15) is 6.10 Å². The highest BCUT2D eigenvalue weighted by Gasteiger charge is 2.72. The van der Waals surface area contributed by atoms with Crippen molar-refractivity contribution in [1.82, 2.24) is 0 Å². The summed E-state index contributed by atoms with van der Waals surface area (Å²) in [6, 6.07) is 0. The second-order valence-electron chi connectivity index (χ2n) is 15.1. The van der Waals surface area contributed by atoms with Crippen molar-refractivity contribution in [3.8, 4) is 0 Å². The minimum atomic E-state index is -0.553. The zero-order chi connectivity index (χ0) is 26.5. The predicted molar refractivity (Wildman–Crippen MR) is 142 cm³/mol. The molecule has 0 heterocycles. The molecule has 4 nitrogen and oxygen atoms in total. The van der Waals surface area contributed by atoms with Crippen LogP contribution in [0.25, 0.3) is 0 Å². The number of rotatable bonds is 3. The smallest absolute Gasteiger partial charge is 0.309 e. The van der Waals surface area contributed by atoms with E-state index in [0.717, 1.165) is 44.9 Å². The summed E-state index contributed by atoms with van der Waals surface area (Å²) >= 11 is 0. The van der Waals surface area contributed by atoms with Crippen LogP contribution in [0.3, 0.4) is 0 Å². The number of carbonyl (C=O) groups is 2. The topological polar surface area (TPSA) is 63.6 Å². The first-order chi connectivity index (χ1) is 16.6. The van der Waals surface area contributed by atoms with E-state index in [1.807, 2.05) is 0 Å². The molecule has 202 valence electrons. The van der Waals surface area contributed by atoms with Gasteiger partial charge in [-0.05, 0) is 117 Å². The Labute approximate surface area is 219 Å². The van der Waals surface area contributed by atoms with Crippen LogP contribution in [0.15, 0.2) is 12.2 Å². The van der Waals surface area contributed by atoms with E-state index in [1.165, 1.54) is 24.8 Å². The van der Waals surface area contributed by atoms with Gasteiger partial charge in [-0.25, -0.2) is 0 Å². The average Bonchev–Trinajstić information content (AvgIpc) is 3.17. The molecule has 0 aromatic carbocycles. The lowest BCUT2D eigenvalue weighted by atomic mass is 9.32. The molecule has 5 saturated carbocycles. The number of carboxylic acids is 1. The SMILES string of the molecule is C=C(C)[C@@H]1CC[C@]2(C(=O)O)CC[C@]3(C)[C@H](CC[C@@H]4[C@@]5(C)CC[C@H](OC(C)=O)C(C)(C)[C@H]5CC[C@]43C)[C@@H]12. The van der Waals surface area contributed by atoms with E-state index >= 15 is 0 Å². The molecule has 0 spiro atoms. The van der Waals surface area contributed by atoms with Gasteiger partial charge in [0.25, 0.3) is 0 Å². The minimum Gasteiger partial charge on any atom is -0.481 e. The van der Waals surface area contributed by atoms with Crippen LogP contribution in [0.4, 0.5) is 0 Å². The third-order valence-electron chi connectivity index (χ3n) is 13.7. The summed E-state index contributed by atoms with van der Waals surface area (Å²) < 4.78 is 5.88. The van der Waals surface area contributed by atoms with Gasteiger partial charge in [0, 0.05) is 12.3 Å². The molecular weight excluding hydrogens is 448 g/mol. The number of ether oxygens (including phenoxy) is 1. The molecule has 5 fully saturated rings. The molecule has 0 bridgehead atoms. The summed E-state index contributed by atoms with van der Waals surface area (Å²) in [5, 5.41) is 10.5. The van der Waals surface area contributed by atoms with E-state index in [0.29, 0.717) is 23.7 Å². The van der Waals surface area contributed by atoms with Gasteiger partial charge in [-0.1, -0.05) is 46.8 Å². The molecule has 10 atom stereocenters. The van der Waals surface area contributed by atoms with Crippen molar-refractivity contribution in [2.45, 2.75) is 119 Å². The van der Waals surface area contributed by atoms with E-state index in [9.17, 15) is 14.7 Å². The molecule has 0 unspecified atom stereocenters. The van der Waals surface area contributed by atoms with E-state index < -0.39 is 11.4 Å². The molecule has 1 N–H and O–H groups in total. The van der Waals surface area contributed by atoms with Gasteiger partial charge in [0.15, 0.2) is 0 Å². The van der Waals surface area contributed by atoms with Gasteiger partial charge in [-0.2, -0.15) is 0 Å². The third-order valence-corrected chi connectivity index (χ3v) is 13.7. The summed E-state index contributed by atoms with van der Waals surface area (Å²) in [6.07, 6.45) is 10.5. The highest BCUT2D eigenvalue weighted by Crippen LogP contribution is 2.77. The first-order valence-electron chi connectivity index (χ1n) is 14.7. The molecule has 0 aromatic rings. The van der Waals surface area contributed by atoms with Crippen LogP contribution in [-0.4, -0.2) is 23.1 Å². The Kier molecular flexibility index (Phi) is 5.91. The summed E-state index contributed by atoms with van der Waals surface area (Å²) in [5.74, 6) is 1.49. The Hall–Kier alpha value is -1.32. The van der Waals surface area contributed by atoms with E-state index in [-0.39, 0.29) is 39.7 Å². The van der Waals surface area contributed by atoms with Crippen molar-refractivity contribution in [2.24, 2.45) is 56.7 Å². The molecule has 5 rings (SSSR count). The number of fused-ring (bicyclic) bond motifs is 7. The van der Waals surface area contributed by atoms with Crippen LogP contribution in [0.1, 0.15) is 113 Å². The Bertz CT molecular complexity index is 967. The summed E-state index contributed by atoms with van der Waals surface area (Å²) in [5.41, 5.74) is 1.20. The van der Waals surface area contributed by atoms with E-state index in [2.05, 4.69) is 48.1 Å². The van der Waals surface area contributed by atoms with Gasteiger partial charge in [-0.3, -0.25) is 9.59 Å². The highest BCUT2D eigenvalue weighted by molar-refractivity contribution is 5.76. The molecule has 5 aliphatic rings. The van der Waals surface area contributed by atoms with E-state index in [4.69, 9.17) is 4.74 Å². The largest absolute Gasteiger partial charge is 0.481 e. The number of hydrogen-bond donors (Lipinski definition) is 1. The van der Waals surface area contributed by atoms with Gasteiger partial charge >= 0.3 is 11.9 Å². The van der Waals surface area contributed by atoms with Crippen LogP contribution in [0.2, 0.25) is 0 Å². The Morgan fingerprint density at radius 3 is 2.11 bits per heavy atom. The van der Waals surface area contributed by atoms with Gasteiger partial charge in [0.05, 0.1) is 5.41 Å². The number of esters is 1. The zero-order valence-electron chi connectivity index (χ0n) is 23.9. The summed E-state index contributed by atoms with van der Waals surface area (Å²) in [6.45, 7) is 20.4. The fourth-order valence-electron chi connectivity index (χ4n) is 11.9. The van der Waals surface area contributed by atoms with Crippen molar-refractivity contribution < 1.29 is 19.4 Å². The van der Waals surface area contributed by atoms with Crippen molar-refractivity contribution in [2.75, 3.05) is 0 Å². The van der Waals surface area contributed by atoms with Crippen LogP contribution in [0.5, 0.6) is 0 Å². The fourth-order valence-corrected chi connectivity index (χ4v) is 11.9. The van der Waals surface area contributed by atoms with Crippen LogP contribution in [-0.2, 0) is 14.3 Å². The van der Waals surface area contributed by atoms with Crippen LogP contribution >= 0.6 is 0 Å². The lowest BCUT2D eigenvalue weighted by Crippen LogP contribution is -2.67. The summed E-state index contributed by atoms with van der Waals surface area (Å²) in [7, 11) is 0. The quantitative estimate of drug-likeness (QED) is 0.320. The molecule has 0 amide bonds. The standard InChI is InChI=1S/C32H50O4/c1-19(2)21-11-16-32(27(34)35)18-17-30(7)22(26(21)32)9-10-24-29(6)14-13-25(36-20(3)33)28(4,5)23(29)12-15-31(24,30)8/h21-26H,1,9-18H2,2-8H3,(H,34,35)/t21-,22+,23+,24+,25-,26+,29-,30+,31+,32-/m0/s1. The molecule has 5 aliphatic carbocycles. The summed E-state index contributed by atoms with van der Waals surface area (Å²) in [4.78, 5) is 24.7. The van der Waals surface area contributed by atoms with Gasteiger partial charge < -0.3 is 9.84 Å². The first kappa shape index (κ1) is 26.3. The highest BCUT2D eigenvalue weighted by atomic mass is 16.5. The monoisotopic (exact) mass is 498 g/mol. The Morgan fingerprint density at radius 2 is 1.50 bits per heavy atom. The third kappa shape index (κ3) is 3.17. The lowest BCUT2D eigenvalue weighted by molar-refractivity contribution is -0.250. The normalized spacial score (nSPS) is 51.2. The van der Waals surface area contributed by atoms with Crippen molar-refractivity contribution in [1.29, 1.82) is 0 Å². The lowest BCUT2D eigenvalue weighted by Gasteiger charge is -2.72. The average molecular weight is 499 g/mol. The zero-order valence-corrected chi connectivity index (χ0v) is 23.9. The van der Waals surface area contributed by atoms with Crippen LogP contribution in [0, 0.1) is 56.7 Å². The molecule has 0 aliphatic heterocycles. The maximum Gasteiger partial charge on any atom is 0.309 e. The number of allylic oxidation sites excluding steroid dienone is 1.